The van der Waals surface area contributed by atoms with Crippen molar-refractivity contribution in [2.75, 3.05) is 12.4 Å². The third-order valence-corrected chi connectivity index (χ3v) is 4.42. The maximum absolute atomic E-state index is 12.2. The SMILES string of the molecule is COc1ccc(Cc2nnc(SC(C)C(=O)Nc3cc(C)on3)o2)cc1. The van der Waals surface area contributed by atoms with E-state index in [0.29, 0.717) is 29.1 Å². The molecule has 0 aliphatic carbocycles. The Morgan fingerprint density at radius 3 is 2.73 bits per heavy atom. The summed E-state index contributed by atoms with van der Waals surface area (Å²) in [5, 5.41) is 14.3. The number of carbonyl (C=O) groups is 1. The number of anilines is 1. The summed E-state index contributed by atoms with van der Waals surface area (Å²) >= 11 is 1.18. The van der Waals surface area contributed by atoms with Crippen LogP contribution < -0.4 is 10.1 Å². The highest BCUT2D eigenvalue weighted by Crippen LogP contribution is 2.24. The summed E-state index contributed by atoms with van der Waals surface area (Å²) in [6.45, 7) is 3.50. The van der Waals surface area contributed by atoms with E-state index in [2.05, 4.69) is 20.7 Å². The summed E-state index contributed by atoms with van der Waals surface area (Å²) in [6, 6.07) is 9.27. The van der Waals surface area contributed by atoms with Gasteiger partial charge in [0.05, 0.1) is 18.8 Å². The van der Waals surface area contributed by atoms with Crippen molar-refractivity contribution >= 4 is 23.5 Å². The van der Waals surface area contributed by atoms with Gasteiger partial charge in [-0.25, -0.2) is 0 Å². The number of hydrogen-bond acceptors (Lipinski definition) is 8. The Kier molecular flexibility index (Phi) is 5.57. The Morgan fingerprint density at radius 2 is 2.08 bits per heavy atom. The van der Waals surface area contributed by atoms with Gasteiger partial charge in [0.15, 0.2) is 5.82 Å². The van der Waals surface area contributed by atoms with Gasteiger partial charge in [0.25, 0.3) is 5.22 Å². The molecule has 0 bridgehead atoms. The number of nitrogens with zero attached hydrogens (tertiary/aromatic N) is 3. The minimum Gasteiger partial charge on any atom is -0.497 e. The molecule has 0 saturated heterocycles. The first kappa shape index (κ1) is 18.0. The number of amides is 1. The largest absolute Gasteiger partial charge is 0.497 e. The lowest BCUT2D eigenvalue weighted by atomic mass is 10.1. The van der Waals surface area contributed by atoms with Crippen molar-refractivity contribution in [3.63, 3.8) is 0 Å². The quantitative estimate of drug-likeness (QED) is 0.629. The Hall–Kier alpha value is -2.81. The predicted octanol–water partition coefficient (Wildman–Crippen LogP) is 3.08. The average Bonchev–Trinajstić information content (AvgIpc) is 3.24. The van der Waals surface area contributed by atoms with Gasteiger partial charge in [-0.1, -0.05) is 29.1 Å². The number of thioether (sulfide) groups is 1. The topological polar surface area (TPSA) is 103 Å². The van der Waals surface area contributed by atoms with Crippen LogP contribution in [0.2, 0.25) is 0 Å². The summed E-state index contributed by atoms with van der Waals surface area (Å²) < 4.78 is 15.7. The summed E-state index contributed by atoms with van der Waals surface area (Å²) in [4.78, 5) is 12.2. The molecule has 136 valence electrons. The summed E-state index contributed by atoms with van der Waals surface area (Å²) in [5.41, 5.74) is 1.03. The van der Waals surface area contributed by atoms with Gasteiger partial charge in [-0.05, 0) is 31.5 Å². The Balaban J connectivity index is 1.55. The van der Waals surface area contributed by atoms with Crippen molar-refractivity contribution in [1.82, 2.24) is 15.4 Å². The van der Waals surface area contributed by atoms with Gasteiger partial charge in [-0.15, -0.1) is 10.2 Å². The monoisotopic (exact) mass is 374 g/mol. The molecule has 2 heterocycles. The molecule has 26 heavy (non-hydrogen) atoms. The molecule has 0 saturated carbocycles. The van der Waals surface area contributed by atoms with E-state index in [1.165, 1.54) is 11.8 Å². The van der Waals surface area contributed by atoms with E-state index in [1.54, 1.807) is 27.0 Å². The molecule has 0 spiro atoms. The molecule has 3 aromatic rings. The number of nitrogens with one attached hydrogen (secondary N) is 1. The summed E-state index contributed by atoms with van der Waals surface area (Å²) in [7, 11) is 1.62. The Bertz CT molecular complexity index is 875. The third-order valence-electron chi connectivity index (χ3n) is 3.49. The standard InChI is InChI=1S/C17H18N4O4S/c1-10-8-14(21-25-10)18-16(22)11(2)26-17-20-19-15(24-17)9-12-4-6-13(23-3)7-5-12/h4-8,11H,9H2,1-3H3,(H,18,21,22). The lowest BCUT2D eigenvalue weighted by Gasteiger charge is -2.06. The fourth-order valence-electron chi connectivity index (χ4n) is 2.13. The van der Waals surface area contributed by atoms with Crippen LogP contribution in [0.3, 0.4) is 0 Å². The van der Waals surface area contributed by atoms with E-state index in [-0.39, 0.29) is 5.91 Å². The average molecular weight is 374 g/mol. The maximum Gasteiger partial charge on any atom is 0.277 e. The molecule has 1 aromatic carbocycles. The molecule has 1 unspecified atom stereocenters. The zero-order valence-electron chi connectivity index (χ0n) is 14.6. The highest BCUT2D eigenvalue weighted by Gasteiger charge is 2.19. The first-order valence-electron chi connectivity index (χ1n) is 7.89. The van der Waals surface area contributed by atoms with Crippen LogP contribution in [0.1, 0.15) is 24.1 Å². The fraction of sp³-hybridized carbons (Fsp3) is 0.294. The van der Waals surface area contributed by atoms with E-state index in [1.807, 2.05) is 24.3 Å². The van der Waals surface area contributed by atoms with Crippen molar-refractivity contribution in [3.8, 4) is 5.75 Å². The van der Waals surface area contributed by atoms with Crippen LogP contribution in [-0.4, -0.2) is 33.6 Å². The van der Waals surface area contributed by atoms with E-state index in [4.69, 9.17) is 13.7 Å². The molecule has 0 aliphatic heterocycles. The van der Waals surface area contributed by atoms with Crippen LogP contribution in [0.25, 0.3) is 0 Å². The number of aromatic nitrogens is 3. The van der Waals surface area contributed by atoms with Crippen LogP contribution in [-0.2, 0) is 11.2 Å². The van der Waals surface area contributed by atoms with Gasteiger partial charge in [-0.2, -0.15) is 0 Å². The normalized spacial score (nSPS) is 12.0. The lowest BCUT2D eigenvalue weighted by molar-refractivity contribution is -0.115. The maximum atomic E-state index is 12.2. The fourth-order valence-corrected chi connectivity index (χ4v) is 2.83. The molecule has 8 nitrogen and oxygen atoms in total. The van der Waals surface area contributed by atoms with E-state index in [0.717, 1.165) is 11.3 Å². The highest BCUT2D eigenvalue weighted by molar-refractivity contribution is 8.00. The third kappa shape index (κ3) is 4.63. The molecule has 9 heteroatoms. The smallest absolute Gasteiger partial charge is 0.277 e. The van der Waals surface area contributed by atoms with Crippen LogP contribution in [0.4, 0.5) is 5.82 Å². The molecule has 1 atom stereocenters. The molecule has 3 rings (SSSR count). The van der Waals surface area contributed by atoms with Crippen molar-refractivity contribution in [2.45, 2.75) is 30.7 Å². The van der Waals surface area contributed by atoms with Gasteiger partial charge < -0.3 is 19.0 Å². The number of methoxy groups -OCH3 is 1. The Labute approximate surface area is 154 Å². The van der Waals surface area contributed by atoms with Gasteiger partial charge in [0.1, 0.15) is 11.5 Å². The second-order valence-electron chi connectivity index (χ2n) is 5.56. The van der Waals surface area contributed by atoms with E-state index in [9.17, 15) is 4.79 Å². The first-order valence-corrected chi connectivity index (χ1v) is 8.77. The van der Waals surface area contributed by atoms with Gasteiger partial charge in [0.2, 0.25) is 11.8 Å². The van der Waals surface area contributed by atoms with Crippen molar-refractivity contribution in [2.24, 2.45) is 0 Å². The van der Waals surface area contributed by atoms with Crippen LogP contribution in [0.15, 0.2) is 44.5 Å². The summed E-state index contributed by atoms with van der Waals surface area (Å²) in [6.07, 6.45) is 0.510. The minimum atomic E-state index is -0.429. The molecule has 0 fully saturated rings. The van der Waals surface area contributed by atoms with E-state index >= 15 is 0 Å². The minimum absolute atomic E-state index is 0.224. The number of benzene rings is 1. The van der Waals surface area contributed by atoms with Crippen molar-refractivity contribution < 1.29 is 18.5 Å². The first-order chi connectivity index (χ1) is 12.5. The zero-order valence-corrected chi connectivity index (χ0v) is 15.4. The van der Waals surface area contributed by atoms with Crippen LogP contribution in [0, 0.1) is 6.92 Å². The van der Waals surface area contributed by atoms with Crippen molar-refractivity contribution in [1.29, 1.82) is 0 Å². The molecular formula is C17H18N4O4S. The molecule has 1 N–H and O–H groups in total. The summed E-state index contributed by atoms with van der Waals surface area (Å²) in [5.74, 6) is 2.06. The molecular weight excluding hydrogens is 356 g/mol. The number of aryl methyl sites for hydroxylation is 1. The number of ether oxygens (including phenoxy) is 1. The molecule has 1 amide bonds. The van der Waals surface area contributed by atoms with E-state index < -0.39 is 5.25 Å². The zero-order chi connectivity index (χ0) is 18.5. The van der Waals surface area contributed by atoms with Crippen LogP contribution >= 0.6 is 11.8 Å². The second kappa shape index (κ2) is 8.05. The lowest BCUT2D eigenvalue weighted by Crippen LogP contribution is -2.22. The molecule has 0 radical (unpaired) electrons. The number of rotatable bonds is 7. The van der Waals surface area contributed by atoms with Gasteiger partial charge in [0, 0.05) is 6.07 Å². The van der Waals surface area contributed by atoms with Gasteiger partial charge >= 0.3 is 0 Å². The van der Waals surface area contributed by atoms with Gasteiger partial charge in [-0.3, -0.25) is 4.79 Å². The second-order valence-corrected chi connectivity index (χ2v) is 6.85. The van der Waals surface area contributed by atoms with Crippen molar-refractivity contribution in [3.05, 3.63) is 47.5 Å². The number of carbonyl (C=O) groups excluding carboxylic acids is 1. The van der Waals surface area contributed by atoms with Crippen LogP contribution in [0.5, 0.6) is 5.75 Å². The molecule has 2 aromatic heterocycles. The predicted molar refractivity (Wildman–Crippen MR) is 95.3 cm³/mol. The Morgan fingerprint density at radius 1 is 1.31 bits per heavy atom. The highest BCUT2D eigenvalue weighted by atomic mass is 32.2. The number of hydrogen-bond donors (Lipinski definition) is 1. The molecule has 0 aliphatic rings.